The molecule has 1 aromatic heterocycles. The molecule has 0 radical (unpaired) electrons. The van der Waals surface area contributed by atoms with E-state index < -0.39 is 0 Å². The predicted molar refractivity (Wildman–Crippen MR) is 121 cm³/mol. The first-order valence-corrected chi connectivity index (χ1v) is 10.7. The predicted octanol–water partition coefficient (Wildman–Crippen LogP) is 3.36. The van der Waals surface area contributed by atoms with Crippen LogP contribution in [0.1, 0.15) is 32.1 Å². The topological polar surface area (TPSA) is 95.2 Å². The standard InChI is InChI=1S/C24H26N4O3/c29-19-11-14-28(15-12-19)13-4-3-10-22(30)25-18-7-5-6-17(16-18)23-20-8-1-2-9-21(20)24(31)27-26-23/h1-2,5-9,16H,3-4,10-15H2,(H,25,30)(H,27,31). The van der Waals surface area contributed by atoms with Gasteiger partial charge in [0.05, 0.1) is 11.1 Å². The summed E-state index contributed by atoms with van der Waals surface area (Å²) in [5.74, 6) is 0.327. The van der Waals surface area contributed by atoms with Gasteiger partial charge in [0.15, 0.2) is 0 Å². The number of piperidine rings is 1. The molecule has 1 aliphatic rings. The van der Waals surface area contributed by atoms with Crippen LogP contribution >= 0.6 is 0 Å². The molecule has 3 aromatic rings. The second-order valence-corrected chi connectivity index (χ2v) is 7.91. The van der Waals surface area contributed by atoms with Gasteiger partial charge in [0.2, 0.25) is 5.91 Å². The minimum atomic E-state index is -0.222. The monoisotopic (exact) mass is 418 g/mol. The minimum absolute atomic E-state index is 0.0229. The van der Waals surface area contributed by atoms with Crippen LogP contribution in [-0.2, 0) is 9.59 Å². The molecule has 0 saturated carbocycles. The highest BCUT2D eigenvalue weighted by molar-refractivity contribution is 5.95. The number of carbonyl (C=O) groups excluding carboxylic acids is 2. The number of fused-ring (bicyclic) bond motifs is 1. The lowest BCUT2D eigenvalue weighted by atomic mass is 10.0. The lowest BCUT2D eigenvalue weighted by molar-refractivity contribution is -0.121. The highest BCUT2D eigenvalue weighted by Crippen LogP contribution is 2.26. The third-order valence-corrected chi connectivity index (χ3v) is 5.66. The lowest BCUT2D eigenvalue weighted by Crippen LogP contribution is -2.34. The van der Waals surface area contributed by atoms with E-state index in [0.29, 0.717) is 41.8 Å². The van der Waals surface area contributed by atoms with E-state index >= 15 is 0 Å². The van der Waals surface area contributed by atoms with E-state index in [4.69, 9.17) is 0 Å². The fraction of sp³-hybridized carbons (Fsp3) is 0.333. The van der Waals surface area contributed by atoms with Gasteiger partial charge in [0.1, 0.15) is 5.78 Å². The number of carbonyl (C=O) groups is 2. The van der Waals surface area contributed by atoms with Gasteiger partial charge >= 0.3 is 0 Å². The van der Waals surface area contributed by atoms with Crippen molar-refractivity contribution < 1.29 is 9.59 Å². The summed E-state index contributed by atoms with van der Waals surface area (Å²) in [6.45, 7) is 2.61. The van der Waals surface area contributed by atoms with E-state index in [9.17, 15) is 14.4 Å². The molecular formula is C24H26N4O3. The summed E-state index contributed by atoms with van der Waals surface area (Å²) in [7, 11) is 0. The number of aromatic nitrogens is 2. The maximum Gasteiger partial charge on any atom is 0.272 e. The van der Waals surface area contributed by atoms with Crippen LogP contribution in [0, 0.1) is 0 Å². The molecule has 0 spiro atoms. The molecule has 1 amide bonds. The van der Waals surface area contributed by atoms with Crippen LogP contribution in [0.25, 0.3) is 22.0 Å². The number of unbranched alkanes of at least 4 members (excludes halogenated alkanes) is 1. The van der Waals surface area contributed by atoms with Gasteiger partial charge in [-0.25, -0.2) is 5.10 Å². The zero-order valence-corrected chi connectivity index (χ0v) is 17.4. The number of benzene rings is 2. The molecule has 2 heterocycles. The van der Waals surface area contributed by atoms with E-state index in [2.05, 4.69) is 20.4 Å². The van der Waals surface area contributed by atoms with Gasteiger partial charge in [-0.05, 0) is 37.6 Å². The summed E-state index contributed by atoms with van der Waals surface area (Å²) in [6.07, 6.45) is 3.50. The van der Waals surface area contributed by atoms with E-state index in [-0.39, 0.29) is 11.5 Å². The summed E-state index contributed by atoms with van der Waals surface area (Å²) in [6, 6.07) is 14.8. The molecule has 4 rings (SSSR count). The Morgan fingerprint density at radius 3 is 2.58 bits per heavy atom. The van der Waals surface area contributed by atoms with Crippen molar-refractivity contribution in [2.75, 3.05) is 25.0 Å². The van der Waals surface area contributed by atoms with Gasteiger partial charge in [-0.2, -0.15) is 5.10 Å². The van der Waals surface area contributed by atoms with Crippen LogP contribution in [0.4, 0.5) is 5.69 Å². The fourth-order valence-corrected chi connectivity index (χ4v) is 3.95. The summed E-state index contributed by atoms with van der Waals surface area (Å²) in [5.41, 5.74) is 1.98. The highest BCUT2D eigenvalue weighted by Gasteiger charge is 2.15. The van der Waals surface area contributed by atoms with Crippen molar-refractivity contribution in [2.45, 2.75) is 32.1 Å². The Balaban J connectivity index is 1.35. The third-order valence-electron chi connectivity index (χ3n) is 5.66. The second kappa shape index (κ2) is 9.66. The molecule has 2 N–H and O–H groups in total. The second-order valence-electron chi connectivity index (χ2n) is 7.91. The van der Waals surface area contributed by atoms with Crippen molar-refractivity contribution in [3.05, 3.63) is 58.9 Å². The van der Waals surface area contributed by atoms with Gasteiger partial charge in [0.25, 0.3) is 5.56 Å². The quantitative estimate of drug-likeness (QED) is 0.574. The number of Topliss-reactive ketones (excluding diaryl/α,β-unsaturated/α-hetero) is 1. The summed E-state index contributed by atoms with van der Waals surface area (Å²) in [4.78, 5) is 38.0. The molecule has 2 aromatic carbocycles. The van der Waals surface area contributed by atoms with Crippen LogP contribution in [0.5, 0.6) is 0 Å². The average molecular weight is 418 g/mol. The number of amides is 1. The third kappa shape index (κ3) is 5.24. The maximum atomic E-state index is 12.4. The SMILES string of the molecule is O=C1CCN(CCCCC(=O)Nc2cccc(-c3n[nH]c(=O)c4ccccc34)c2)CC1. The van der Waals surface area contributed by atoms with Gasteiger partial charge in [-0.3, -0.25) is 14.4 Å². The largest absolute Gasteiger partial charge is 0.326 e. The maximum absolute atomic E-state index is 12.4. The number of ketones is 1. The zero-order valence-electron chi connectivity index (χ0n) is 17.4. The van der Waals surface area contributed by atoms with Crippen molar-refractivity contribution >= 4 is 28.2 Å². The van der Waals surface area contributed by atoms with Gasteiger partial charge in [0, 0.05) is 49.0 Å². The molecule has 0 aliphatic carbocycles. The first kappa shape index (κ1) is 20.9. The Kier molecular flexibility index (Phi) is 6.52. The molecule has 0 bridgehead atoms. The number of likely N-dealkylation sites (tertiary alicyclic amines) is 1. The number of nitrogens with zero attached hydrogens (tertiary/aromatic N) is 2. The van der Waals surface area contributed by atoms with Crippen LogP contribution in [0.3, 0.4) is 0 Å². The smallest absolute Gasteiger partial charge is 0.272 e. The van der Waals surface area contributed by atoms with Gasteiger partial charge in [-0.15, -0.1) is 0 Å². The number of anilines is 1. The Morgan fingerprint density at radius 1 is 1.00 bits per heavy atom. The number of aromatic amines is 1. The van der Waals surface area contributed by atoms with Crippen molar-refractivity contribution in [1.82, 2.24) is 15.1 Å². The van der Waals surface area contributed by atoms with Gasteiger partial charge in [-0.1, -0.05) is 30.3 Å². The molecule has 0 atom stereocenters. The first-order valence-electron chi connectivity index (χ1n) is 10.7. The number of H-pyrrole nitrogens is 1. The van der Waals surface area contributed by atoms with E-state index in [1.165, 1.54) is 0 Å². The van der Waals surface area contributed by atoms with Crippen molar-refractivity contribution in [1.29, 1.82) is 0 Å². The van der Waals surface area contributed by atoms with E-state index in [0.717, 1.165) is 43.4 Å². The normalized spacial score (nSPS) is 14.6. The number of nitrogens with one attached hydrogen (secondary N) is 2. The van der Waals surface area contributed by atoms with Crippen molar-refractivity contribution in [3.8, 4) is 11.3 Å². The minimum Gasteiger partial charge on any atom is -0.326 e. The average Bonchev–Trinajstić information content (AvgIpc) is 2.78. The van der Waals surface area contributed by atoms with E-state index in [1.807, 2.05) is 42.5 Å². The summed E-state index contributed by atoms with van der Waals surface area (Å²) >= 11 is 0. The highest BCUT2D eigenvalue weighted by atomic mass is 16.1. The Labute approximate surface area is 180 Å². The van der Waals surface area contributed by atoms with Crippen molar-refractivity contribution in [2.24, 2.45) is 0 Å². The van der Waals surface area contributed by atoms with Crippen LogP contribution in [0.15, 0.2) is 53.3 Å². The van der Waals surface area contributed by atoms with E-state index in [1.54, 1.807) is 6.07 Å². The summed E-state index contributed by atoms with van der Waals surface area (Å²) < 4.78 is 0. The molecular weight excluding hydrogens is 392 g/mol. The molecule has 0 unspecified atom stereocenters. The Hall–Kier alpha value is -3.32. The molecule has 1 fully saturated rings. The zero-order chi connectivity index (χ0) is 21.6. The van der Waals surface area contributed by atoms with Crippen LogP contribution in [-0.4, -0.2) is 46.4 Å². The molecule has 31 heavy (non-hydrogen) atoms. The molecule has 7 nitrogen and oxygen atoms in total. The van der Waals surface area contributed by atoms with Gasteiger partial charge < -0.3 is 10.2 Å². The number of hydrogen-bond acceptors (Lipinski definition) is 5. The fourth-order valence-electron chi connectivity index (χ4n) is 3.95. The Bertz CT molecular complexity index is 1140. The lowest BCUT2D eigenvalue weighted by Gasteiger charge is -2.25. The first-order chi connectivity index (χ1) is 15.1. The number of rotatable bonds is 7. The molecule has 160 valence electrons. The summed E-state index contributed by atoms with van der Waals surface area (Å²) in [5, 5.41) is 11.1. The van der Waals surface area contributed by atoms with Crippen molar-refractivity contribution in [3.63, 3.8) is 0 Å². The number of hydrogen-bond donors (Lipinski definition) is 2. The molecule has 1 aliphatic heterocycles. The molecule has 1 saturated heterocycles. The Morgan fingerprint density at radius 2 is 1.77 bits per heavy atom. The van der Waals surface area contributed by atoms with Crippen LogP contribution < -0.4 is 10.9 Å². The van der Waals surface area contributed by atoms with Crippen LogP contribution in [0.2, 0.25) is 0 Å². The molecule has 7 heteroatoms.